The van der Waals surface area contributed by atoms with E-state index in [-0.39, 0.29) is 60.5 Å². The highest BCUT2D eigenvalue weighted by Crippen LogP contribution is 2.69. The van der Waals surface area contributed by atoms with Crippen molar-refractivity contribution in [3.63, 3.8) is 0 Å². The van der Waals surface area contributed by atoms with Gasteiger partial charge in [0.25, 0.3) is 0 Å². The normalized spacial score (nSPS) is 37.4. The molecule has 2 fully saturated rings. The Morgan fingerprint density at radius 2 is 1.61 bits per heavy atom. The second-order valence-corrected chi connectivity index (χ2v) is 13.3. The fourth-order valence-electron chi connectivity index (χ4n) is 8.43. The molecule has 6 atom stereocenters. The smallest absolute Gasteiger partial charge is 0.308 e. The predicted molar refractivity (Wildman–Crippen MR) is 140 cm³/mol. The third-order valence-corrected chi connectivity index (χ3v) is 10.9. The van der Waals surface area contributed by atoms with Gasteiger partial charge in [-0.05, 0) is 43.6 Å². The van der Waals surface area contributed by atoms with Gasteiger partial charge < -0.3 is 4.74 Å². The summed E-state index contributed by atoms with van der Waals surface area (Å²) in [5.41, 5.74) is -1.90. The summed E-state index contributed by atoms with van der Waals surface area (Å²) >= 11 is 0. The van der Waals surface area contributed by atoms with Gasteiger partial charge in [-0.2, -0.15) is 0 Å². The molecule has 206 valence electrons. The summed E-state index contributed by atoms with van der Waals surface area (Å²) in [6.45, 7) is 12.9. The largest absolute Gasteiger partial charge is 0.469 e. The highest BCUT2D eigenvalue weighted by molar-refractivity contribution is 6.17. The van der Waals surface area contributed by atoms with Crippen LogP contribution in [0.4, 0.5) is 0 Å². The predicted octanol–water partition coefficient (Wildman–Crippen LogP) is 4.56. The number of esters is 1. The van der Waals surface area contributed by atoms with Gasteiger partial charge in [-0.15, -0.1) is 0 Å². The Morgan fingerprint density at radius 1 is 0.974 bits per heavy atom. The Morgan fingerprint density at radius 3 is 2.21 bits per heavy atom. The van der Waals surface area contributed by atoms with Gasteiger partial charge in [0.1, 0.15) is 11.6 Å². The number of ether oxygens (including phenoxy) is 1. The molecule has 38 heavy (non-hydrogen) atoms. The minimum absolute atomic E-state index is 0.0143. The molecule has 0 heterocycles. The average Bonchev–Trinajstić information content (AvgIpc) is 3.03. The van der Waals surface area contributed by atoms with Gasteiger partial charge in [0, 0.05) is 54.1 Å². The van der Waals surface area contributed by atoms with E-state index in [0.29, 0.717) is 29.6 Å². The minimum atomic E-state index is -1.16. The van der Waals surface area contributed by atoms with Crippen LogP contribution in [0.3, 0.4) is 0 Å². The highest BCUT2D eigenvalue weighted by atomic mass is 16.5. The van der Waals surface area contributed by atoms with Gasteiger partial charge >= 0.3 is 5.97 Å². The first-order valence-corrected chi connectivity index (χ1v) is 13.6. The zero-order chi connectivity index (χ0) is 28.6. The topological polar surface area (TPSA) is 112 Å². The van der Waals surface area contributed by atoms with Gasteiger partial charge in [0.2, 0.25) is 0 Å². The van der Waals surface area contributed by atoms with Crippen molar-refractivity contribution in [3.05, 3.63) is 22.8 Å². The van der Waals surface area contributed by atoms with E-state index in [0.717, 1.165) is 0 Å². The molecule has 0 aromatic rings. The minimum Gasteiger partial charge on any atom is -0.469 e. The lowest BCUT2D eigenvalue weighted by Crippen LogP contribution is -2.59. The molecule has 7 nitrogen and oxygen atoms in total. The second-order valence-electron chi connectivity index (χ2n) is 13.3. The molecule has 0 amide bonds. The van der Waals surface area contributed by atoms with Crippen LogP contribution in [0.2, 0.25) is 0 Å². The van der Waals surface area contributed by atoms with Crippen molar-refractivity contribution in [2.45, 2.75) is 87.0 Å². The molecular weight excluding hydrogens is 484 g/mol. The van der Waals surface area contributed by atoms with Crippen molar-refractivity contribution in [1.82, 2.24) is 0 Å². The van der Waals surface area contributed by atoms with Crippen LogP contribution in [0.25, 0.3) is 0 Å². The van der Waals surface area contributed by atoms with Gasteiger partial charge in [-0.1, -0.05) is 40.2 Å². The van der Waals surface area contributed by atoms with E-state index in [4.69, 9.17) is 4.74 Å². The molecule has 4 aliphatic rings. The maximum atomic E-state index is 14.0. The Hall–Kier alpha value is -2.70. The van der Waals surface area contributed by atoms with Crippen molar-refractivity contribution >= 4 is 34.9 Å². The Labute approximate surface area is 224 Å². The van der Waals surface area contributed by atoms with Crippen molar-refractivity contribution in [2.24, 2.45) is 39.4 Å². The van der Waals surface area contributed by atoms with Crippen LogP contribution in [-0.2, 0) is 33.5 Å². The summed E-state index contributed by atoms with van der Waals surface area (Å²) in [5, 5.41) is 0. The van der Waals surface area contributed by atoms with E-state index in [2.05, 4.69) is 0 Å². The molecule has 0 saturated heterocycles. The molecule has 0 aliphatic heterocycles. The SMILES string of the molecule is COC(=O)[C@H](C)CC(=O)/C=C(\C)[C@H]1CC(=O)[C@@]2(C)C3=C(C(=O)C[C@]12C)[C@@]1(C)CCC(=O)C(C)(C)C1CC3=O. The van der Waals surface area contributed by atoms with Crippen LogP contribution in [0.15, 0.2) is 22.8 Å². The third kappa shape index (κ3) is 3.67. The zero-order valence-electron chi connectivity index (χ0n) is 23.9. The lowest BCUT2D eigenvalue weighted by Gasteiger charge is -2.58. The highest BCUT2D eigenvalue weighted by Gasteiger charge is 2.70. The number of fused-ring (bicyclic) bond motifs is 4. The van der Waals surface area contributed by atoms with Gasteiger partial charge in [-0.3, -0.25) is 28.8 Å². The molecule has 0 bridgehead atoms. The quantitative estimate of drug-likeness (QED) is 0.383. The van der Waals surface area contributed by atoms with Crippen LogP contribution in [0.1, 0.15) is 87.0 Å². The summed E-state index contributed by atoms with van der Waals surface area (Å²) in [6.07, 6.45) is 2.68. The Kier molecular flexibility index (Phi) is 6.65. The van der Waals surface area contributed by atoms with E-state index < -0.39 is 39.5 Å². The molecule has 7 heteroatoms. The molecule has 0 aromatic carbocycles. The van der Waals surface area contributed by atoms with E-state index in [1.807, 2.05) is 34.6 Å². The van der Waals surface area contributed by atoms with Gasteiger partial charge in [-0.25, -0.2) is 0 Å². The monoisotopic (exact) mass is 524 g/mol. The summed E-state index contributed by atoms with van der Waals surface area (Å²) in [4.78, 5) is 79.1. The first-order chi connectivity index (χ1) is 17.5. The van der Waals surface area contributed by atoms with Crippen LogP contribution in [-0.4, -0.2) is 42.0 Å². The van der Waals surface area contributed by atoms with Crippen molar-refractivity contribution in [1.29, 1.82) is 0 Å². The third-order valence-electron chi connectivity index (χ3n) is 10.9. The maximum absolute atomic E-state index is 14.0. The molecule has 2 saturated carbocycles. The van der Waals surface area contributed by atoms with Crippen LogP contribution < -0.4 is 0 Å². The molecule has 1 unspecified atom stereocenters. The Bertz CT molecular complexity index is 1230. The van der Waals surface area contributed by atoms with Crippen LogP contribution >= 0.6 is 0 Å². The molecule has 0 aromatic heterocycles. The van der Waals surface area contributed by atoms with E-state index in [1.165, 1.54) is 13.2 Å². The number of allylic oxidation sites excluding steroid dienone is 4. The van der Waals surface area contributed by atoms with Crippen molar-refractivity contribution < 1.29 is 33.5 Å². The lowest BCUT2D eigenvalue weighted by atomic mass is 9.43. The summed E-state index contributed by atoms with van der Waals surface area (Å²) in [7, 11) is 1.28. The van der Waals surface area contributed by atoms with Crippen LogP contribution in [0, 0.1) is 39.4 Å². The van der Waals surface area contributed by atoms with Crippen LogP contribution in [0.5, 0.6) is 0 Å². The molecule has 0 spiro atoms. The van der Waals surface area contributed by atoms with Gasteiger partial charge in [0.05, 0.1) is 18.4 Å². The van der Waals surface area contributed by atoms with E-state index >= 15 is 0 Å². The number of Topliss-reactive ketones (excluding diaryl/α,β-unsaturated/α-hetero) is 4. The van der Waals surface area contributed by atoms with Crippen molar-refractivity contribution in [3.8, 4) is 0 Å². The number of carbonyl (C=O) groups excluding carboxylic acids is 6. The number of ketones is 5. The zero-order valence-corrected chi connectivity index (χ0v) is 23.9. The van der Waals surface area contributed by atoms with E-state index in [9.17, 15) is 28.8 Å². The summed E-state index contributed by atoms with van der Waals surface area (Å²) in [6, 6.07) is 0. The Balaban J connectivity index is 1.78. The summed E-state index contributed by atoms with van der Waals surface area (Å²) in [5.74, 6) is -2.28. The fourth-order valence-corrected chi connectivity index (χ4v) is 8.43. The van der Waals surface area contributed by atoms with E-state index in [1.54, 1.807) is 13.8 Å². The number of hydrogen-bond acceptors (Lipinski definition) is 7. The number of rotatable bonds is 5. The summed E-state index contributed by atoms with van der Waals surface area (Å²) < 4.78 is 4.72. The molecule has 0 radical (unpaired) electrons. The van der Waals surface area contributed by atoms with Gasteiger partial charge in [0.15, 0.2) is 17.3 Å². The number of hydrogen-bond donors (Lipinski definition) is 0. The lowest BCUT2D eigenvalue weighted by molar-refractivity contribution is -0.147. The standard InChI is InChI=1S/C31H40O7/c1-16(11-18(32)12-17(2)27(37)38-8)19-13-24(36)31(7)26-20(33)14-22-28(3,4)23(35)9-10-29(22,5)25(26)21(34)15-30(19,31)6/h11,17,19,22H,9-10,12-15H2,1-8H3/b16-11+/t17-,19-,22?,29+,30-,31+/m1/s1. The second kappa shape index (κ2) is 8.92. The number of methoxy groups -OCH3 is 1. The number of carbonyl (C=O) groups is 6. The maximum Gasteiger partial charge on any atom is 0.308 e. The molecule has 4 aliphatic carbocycles. The first kappa shape index (κ1) is 28.3. The first-order valence-electron chi connectivity index (χ1n) is 13.6. The van der Waals surface area contributed by atoms with Crippen molar-refractivity contribution in [2.75, 3.05) is 7.11 Å². The average molecular weight is 525 g/mol. The molecule has 4 rings (SSSR count). The fraction of sp³-hybridized carbons (Fsp3) is 0.677. The molecule has 0 N–H and O–H groups in total. The molecular formula is C31H40O7.